The second-order valence-corrected chi connectivity index (χ2v) is 0. The predicted molar refractivity (Wildman–Crippen MR) is 9.23 cm³/mol. The van der Waals surface area contributed by atoms with Gasteiger partial charge in [0.05, 0.1) is 0 Å². The third kappa shape index (κ3) is 9.25. The van der Waals surface area contributed by atoms with Crippen molar-refractivity contribution < 1.29 is 56.1 Å². The smallest absolute Gasteiger partial charge is 0.245 e. The Morgan fingerprint density at radius 1 is 1.00 bits per heavy atom. The summed E-state index contributed by atoms with van der Waals surface area (Å²) in [7, 11) is 0.611. The van der Waals surface area contributed by atoms with Crippen LogP contribution in [-0.4, -0.2) is 10.1 Å². The van der Waals surface area contributed by atoms with E-state index in [2.05, 4.69) is 0 Å². The summed E-state index contributed by atoms with van der Waals surface area (Å²) in [4.78, 5) is 0. The first-order valence-corrected chi connectivity index (χ1v) is 0.866. The largest absolute Gasteiger partial charge is 0.396 e. The fourth-order valence-corrected chi connectivity index (χ4v) is 0. The molecule has 0 fully saturated rings. The van der Waals surface area contributed by atoms with Gasteiger partial charge < -0.3 is 4.46 Å². The first-order valence-electron chi connectivity index (χ1n) is 0.289. The molecule has 0 aliphatic carbocycles. The summed E-state index contributed by atoms with van der Waals surface area (Å²) in [6, 6.07) is 0. The summed E-state index contributed by atoms with van der Waals surface area (Å²) in [6.07, 6.45) is 0. The van der Waals surface area contributed by atoms with Crippen molar-refractivity contribution >= 4 is 10.1 Å². The van der Waals surface area contributed by atoms with E-state index in [0.717, 1.165) is 0 Å². The van der Waals surface area contributed by atoms with E-state index in [4.69, 9.17) is 4.46 Å². The quantitative estimate of drug-likeness (QED) is 0.473. The molecule has 20 valence electrons. The van der Waals surface area contributed by atoms with E-state index in [1.54, 1.807) is 0 Å². The summed E-state index contributed by atoms with van der Waals surface area (Å²) in [5.41, 5.74) is 0. The van der Waals surface area contributed by atoms with Gasteiger partial charge in [-0.1, -0.05) is 0 Å². The topological polar surface area (TPSA) is 17.1 Å². The van der Waals surface area contributed by atoms with E-state index in [1.807, 2.05) is 0 Å². The molecule has 1 nitrogen and oxygen atoms in total. The van der Waals surface area contributed by atoms with Crippen LogP contribution >= 0.6 is 0 Å². The molecular formula is H2Hf2OSi. The van der Waals surface area contributed by atoms with Crippen molar-refractivity contribution in [2.24, 2.45) is 0 Å². The fourth-order valence-electron chi connectivity index (χ4n) is 0. The normalized spacial score (nSPS) is 1.00. The van der Waals surface area contributed by atoms with Gasteiger partial charge in [-0.05, 0) is 0 Å². The molecule has 0 amide bonds. The van der Waals surface area contributed by atoms with Gasteiger partial charge in [-0.25, -0.2) is 0 Å². The Labute approximate surface area is 65.6 Å². The van der Waals surface area contributed by atoms with Crippen molar-refractivity contribution in [3.63, 3.8) is 0 Å². The van der Waals surface area contributed by atoms with Crippen LogP contribution in [0.2, 0.25) is 0 Å². The third-order valence-electron chi connectivity index (χ3n) is 0. The Balaban J connectivity index is -0.00000000500. The zero-order valence-corrected chi connectivity index (χ0v) is 10.7. The van der Waals surface area contributed by atoms with E-state index < -0.39 is 0 Å². The van der Waals surface area contributed by atoms with Gasteiger partial charge in [-0.15, -0.1) is 0 Å². The molecule has 0 aromatic rings. The molecular weight excluding hydrogens is 401 g/mol. The molecule has 0 unspecified atom stereocenters. The Morgan fingerprint density at radius 2 is 1.00 bits per heavy atom. The molecule has 0 aliphatic heterocycles. The van der Waals surface area contributed by atoms with Crippen LogP contribution in [-0.2, 0) is 56.1 Å². The maximum Gasteiger partial charge on any atom is 0.245 e. The molecule has 0 atom stereocenters. The van der Waals surface area contributed by atoms with Crippen LogP contribution in [0.4, 0.5) is 0 Å². The summed E-state index contributed by atoms with van der Waals surface area (Å²) in [5.74, 6) is 0. The molecule has 0 rings (SSSR count). The van der Waals surface area contributed by atoms with Gasteiger partial charge in [-0.3, -0.25) is 0 Å². The van der Waals surface area contributed by atoms with Crippen LogP contribution < -0.4 is 0 Å². The molecule has 0 N–H and O–H groups in total. The molecule has 4 heteroatoms. The summed E-state index contributed by atoms with van der Waals surface area (Å²) in [5, 5.41) is 0. The van der Waals surface area contributed by atoms with Crippen LogP contribution in [0.1, 0.15) is 0 Å². The van der Waals surface area contributed by atoms with Gasteiger partial charge in [0.2, 0.25) is 10.1 Å². The van der Waals surface area contributed by atoms with E-state index in [-0.39, 0.29) is 51.7 Å². The molecule has 0 aromatic heterocycles. The average Bonchev–Trinajstić information content (AvgIpc) is 1.00. The van der Waals surface area contributed by atoms with Gasteiger partial charge in [0, 0.05) is 51.7 Å². The SMILES string of the molecule is O=[SiH2].[Hf].[Hf]. The van der Waals surface area contributed by atoms with Crippen LogP contribution in [0.3, 0.4) is 0 Å². The Bertz CT molecular complexity index is 6.00. The maximum absolute atomic E-state index is 8.28. The summed E-state index contributed by atoms with van der Waals surface area (Å²) >= 11 is 0. The number of hydrogen-bond acceptors (Lipinski definition) is 1. The van der Waals surface area contributed by atoms with E-state index in [0.29, 0.717) is 10.1 Å². The first-order chi connectivity index (χ1) is 1.00. The minimum Gasteiger partial charge on any atom is -0.396 e. The van der Waals surface area contributed by atoms with Crippen molar-refractivity contribution in [2.75, 3.05) is 0 Å². The second kappa shape index (κ2) is 21.7. The van der Waals surface area contributed by atoms with Crippen molar-refractivity contribution in [1.29, 1.82) is 0 Å². The van der Waals surface area contributed by atoms with Crippen LogP contribution in [0.15, 0.2) is 0 Å². The monoisotopic (exact) mass is 406 g/mol. The Hall–Kier alpha value is 1.76. The van der Waals surface area contributed by atoms with Gasteiger partial charge in [0.15, 0.2) is 0 Å². The van der Waals surface area contributed by atoms with Crippen molar-refractivity contribution in [3.8, 4) is 0 Å². The minimum atomic E-state index is 0. The molecule has 0 bridgehead atoms. The molecule has 0 aliphatic rings. The molecule has 0 saturated carbocycles. The van der Waals surface area contributed by atoms with Crippen molar-refractivity contribution in [3.05, 3.63) is 0 Å². The van der Waals surface area contributed by atoms with Crippen LogP contribution in [0, 0.1) is 0 Å². The first kappa shape index (κ1) is 17.1. The maximum atomic E-state index is 8.28. The zero-order valence-electron chi connectivity index (χ0n) is 2.12. The van der Waals surface area contributed by atoms with Gasteiger partial charge in [0.1, 0.15) is 0 Å². The van der Waals surface area contributed by atoms with Crippen LogP contribution in [0.5, 0.6) is 0 Å². The second-order valence-electron chi connectivity index (χ2n) is 0. The van der Waals surface area contributed by atoms with Crippen molar-refractivity contribution in [1.82, 2.24) is 0 Å². The van der Waals surface area contributed by atoms with Gasteiger partial charge >= 0.3 is 0 Å². The molecule has 4 heavy (non-hydrogen) atoms. The van der Waals surface area contributed by atoms with Crippen LogP contribution in [0.25, 0.3) is 0 Å². The van der Waals surface area contributed by atoms with Gasteiger partial charge in [-0.2, -0.15) is 0 Å². The molecule has 0 radical (unpaired) electrons. The predicted octanol–water partition coefficient (Wildman–Crippen LogP) is -1.04. The average molecular weight is 403 g/mol. The van der Waals surface area contributed by atoms with Gasteiger partial charge in [0.25, 0.3) is 0 Å². The van der Waals surface area contributed by atoms with E-state index >= 15 is 0 Å². The summed E-state index contributed by atoms with van der Waals surface area (Å²) < 4.78 is 8.28. The Morgan fingerprint density at radius 3 is 1.00 bits per heavy atom. The van der Waals surface area contributed by atoms with E-state index in [1.165, 1.54) is 0 Å². The fraction of sp³-hybridized carbons (Fsp3) is 0. The Kier molecular flexibility index (Phi) is 93.2. The third-order valence-corrected chi connectivity index (χ3v) is 0. The van der Waals surface area contributed by atoms with Crippen molar-refractivity contribution in [2.45, 2.75) is 0 Å². The standard InChI is InChI=1S/2Hf.H2OSi/c;;1-2/h;;2H2. The zero-order chi connectivity index (χ0) is 2.00. The molecule has 0 spiro atoms. The minimum absolute atomic E-state index is 0. The number of hydrogen-bond donors (Lipinski definition) is 0. The molecule has 0 heterocycles. The van der Waals surface area contributed by atoms with E-state index in [9.17, 15) is 0 Å². The molecule has 0 aromatic carbocycles. The molecule has 0 saturated heterocycles. The summed E-state index contributed by atoms with van der Waals surface area (Å²) in [6.45, 7) is 0. The number of rotatable bonds is 0.